The third-order valence-corrected chi connectivity index (χ3v) is 8.45. The second kappa shape index (κ2) is 16.1. The summed E-state index contributed by atoms with van der Waals surface area (Å²) >= 11 is 0. The molecule has 0 aliphatic heterocycles. The van der Waals surface area contributed by atoms with Crippen LogP contribution in [0.5, 0.6) is 28.7 Å². The monoisotopic (exact) mass is 647 g/mol. The van der Waals surface area contributed by atoms with Crippen molar-refractivity contribution in [1.29, 1.82) is 0 Å². The highest BCUT2D eigenvalue weighted by molar-refractivity contribution is 5.86. The largest absolute Gasteiger partial charge is 0.493 e. The van der Waals surface area contributed by atoms with E-state index in [9.17, 15) is 14.4 Å². The number of carbonyl (C=O) groups excluding carboxylic acids is 2. The number of methoxy groups -OCH3 is 4. The number of benzene rings is 2. The summed E-state index contributed by atoms with van der Waals surface area (Å²) < 4.78 is 28.3. The van der Waals surface area contributed by atoms with E-state index in [1.54, 1.807) is 39.5 Å². The molecule has 3 atom stereocenters. The van der Waals surface area contributed by atoms with Gasteiger partial charge in [-0.05, 0) is 65.8 Å². The summed E-state index contributed by atoms with van der Waals surface area (Å²) in [7, 11) is 6.23. The number of fused-ring (bicyclic) bond motifs is 3. The van der Waals surface area contributed by atoms with Crippen molar-refractivity contribution in [2.24, 2.45) is 5.92 Å². The number of hydrogen-bond donors (Lipinski definition) is 3. The Hall–Kier alpha value is -4.93. The number of aryl methyl sites for hydroxylation is 1. The Morgan fingerprint density at radius 1 is 0.915 bits per heavy atom. The Labute approximate surface area is 275 Å². The summed E-state index contributed by atoms with van der Waals surface area (Å²) in [5.74, 6) is 2.03. The molecule has 0 fully saturated rings. The first kappa shape index (κ1) is 34.9. The van der Waals surface area contributed by atoms with Crippen LogP contribution in [-0.4, -0.2) is 59.4 Å². The quantitative estimate of drug-likeness (QED) is 0.209. The van der Waals surface area contributed by atoms with Crippen molar-refractivity contribution in [3.05, 3.63) is 69.9 Å². The van der Waals surface area contributed by atoms with Crippen LogP contribution in [0.25, 0.3) is 11.1 Å². The lowest BCUT2D eigenvalue weighted by Gasteiger charge is -2.24. The molecule has 11 nitrogen and oxygen atoms in total. The number of amides is 2. The van der Waals surface area contributed by atoms with Crippen LogP contribution in [0.15, 0.2) is 53.3 Å². The third kappa shape index (κ3) is 7.90. The molecular weight excluding hydrogens is 602 g/mol. The highest BCUT2D eigenvalue weighted by atomic mass is 16.5. The molecule has 3 N–H and O–H groups in total. The summed E-state index contributed by atoms with van der Waals surface area (Å²) in [6, 6.07) is 13.1. The average Bonchev–Trinajstić information content (AvgIpc) is 3.32. The highest BCUT2D eigenvalue weighted by Crippen LogP contribution is 2.50. The van der Waals surface area contributed by atoms with Gasteiger partial charge in [0.05, 0.1) is 46.7 Å². The van der Waals surface area contributed by atoms with Crippen LogP contribution in [0.3, 0.4) is 0 Å². The van der Waals surface area contributed by atoms with E-state index in [2.05, 4.69) is 16.0 Å². The van der Waals surface area contributed by atoms with E-state index in [0.717, 1.165) is 11.1 Å². The van der Waals surface area contributed by atoms with Gasteiger partial charge in [0, 0.05) is 12.5 Å². The SMILES string of the molecule is CC[C@@H](C)[C@H](Nc1ccc2c(cc1=O)[C@@H](NC(C)=O)CCc1cc(OC)c(OC)c(OC)c1-2)C(=O)NCCOc1ccccc1OC. The normalized spacial score (nSPS) is 14.7. The molecule has 252 valence electrons. The Bertz CT molecular complexity index is 1640. The first-order valence-electron chi connectivity index (χ1n) is 15.7. The van der Waals surface area contributed by atoms with E-state index in [-0.39, 0.29) is 42.0 Å². The molecule has 0 saturated carbocycles. The van der Waals surface area contributed by atoms with Gasteiger partial charge in [0.15, 0.2) is 23.0 Å². The third-order valence-electron chi connectivity index (χ3n) is 8.45. The molecule has 0 heterocycles. The predicted molar refractivity (Wildman–Crippen MR) is 181 cm³/mol. The van der Waals surface area contributed by atoms with Crippen LogP contribution in [-0.2, 0) is 16.0 Å². The first-order chi connectivity index (χ1) is 22.7. The van der Waals surface area contributed by atoms with E-state index in [0.29, 0.717) is 59.1 Å². The topological polar surface area (TPSA) is 133 Å². The molecule has 0 bridgehead atoms. The Kier molecular flexibility index (Phi) is 11.9. The van der Waals surface area contributed by atoms with E-state index in [1.807, 2.05) is 38.1 Å². The lowest BCUT2D eigenvalue weighted by molar-refractivity contribution is -0.123. The maximum atomic E-state index is 13.9. The number of anilines is 1. The van der Waals surface area contributed by atoms with Gasteiger partial charge in [0.25, 0.3) is 0 Å². The van der Waals surface area contributed by atoms with E-state index in [1.165, 1.54) is 20.1 Å². The number of nitrogens with one attached hydrogen (secondary N) is 3. The van der Waals surface area contributed by atoms with Crippen LogP contribution >= 0.6 is 0 Å². The molecule has 3 aromatic carbocycles. The van der Waals surface area contributed by atoms with Crippen molar-refractivity contribution in [3.8, 4) is 39.9 Å². The summed E-state index contributed by atoms with van der Waals surface area (Å²) in [6.45, 7) is 5.89. The molecule has 0 spiro atoms. The van der Waals surface area contributed by atoms with Gasteiger partial charge in [-0.2, -0.15) is 0 Å². The molecule has 2 amide bonds. The van der Waals surface area contributed by atoms with Gasteiger partial charge >= 0.3 is 0 Å². The van der Waals surface area contributed by atoms with Crippen molar-refractivity contribution in [2.45, 2.75) is 52.1 Å². The summed E-state index contributed by atoms with van der Waals surface area (Å²) in [5, 5.41) is 9.19. The van der Waals surface area contributed by atoms with Crippen molar-refractivity contribution < 1.29 is 33.3 Å². The van der Waals surface area contributed by atoms with E-state index < -0.39 is 12.1 Å². The maximum Gasteiger partial charge on any atom is 0.242 e. The maximum absolute atomic E-state index is 13.9. The molecule has 0 unspecified atom stereocenters. The second-order valence-electron chi connectivity index (χ2n) is 11.4. The molecule has 47 heavy (non-hydrogen) atoms. The molecule has 0 radical (unpaired) electrons. The molecular formula is C36H45N3O8. The minimum atomic E-state index is -0.696. The van der Waals surface area contributed by atoms with Crippen LogP contribution in [0.1, 0.15) is 50.8 Å². The molecule has 1 aliphatic rings. The van der Waals surface area contributed by atoms with Gasteiger partial charge in [-0.3, -0.25) is 14.4 Å². The number of para-hydroxylation sites is 2. The molecule has 0 aromatic heterocycles. The van der Waals surface area contributed by atoms with Crippen molar-refractivity contribution in [3.63, 3.8) is 0 Å². The number of ether oxygens (including phenoxy) is 5. The van der Waals surface area contributed by atoms with E-state index >= 15 is 0 Å². The van der Waals surface area contributed by atoms with Crippen molar-refractivity contribution in [1.82, 2.24) is 10.6 Å². The summed E-state index contributed by atoms with van der Waals surface area (Å²) in [6.07, 6.45) is 1.83. The van der Waals surface area contributed by atoms with Crippen LogP contribution in [0.2, 0.25) is 0 Å². The van der Waals surface area contributed by atoms with Crippen LogP contribution in [0.4, 0.5) is 5.69 Å². The van der Waals surface area contributed by atoms with E-state index in [4.69, 9.17) is 23.7 Å². The van der Waals surface area contributed by atoms with Crippen LogP contribution < -0.4 is 45.1 Å². The fraction of sp³-hybridized carbons (Fsp3) is 0.417. The molecule has 11 heteroatoms. The summed E-state index contributed by atoms with van der Waals surface area (Å²) in [4.78, 5) is 39.6. The zero-order chi connectivity index (χ0) is 34.1. The van der Waals surface area contributed by atoms with Gasteiger partial charge in [0.1, 0.15) is 12.6 Å². The number of carbonyl (C=O) groups is 2. The molecule has 0 saturated heterocycles. The van der Waals surface area contributed by atoms with Gasteiger partial charge in [-0.15, -0.1) is 0 Å². The van der Waals surface area contributed by atoms with Crippen LogP contribution in [0, 0.1) is 5.92 Å². The second-order valence-corrected chi connectivity index (χ2v) is 11.4. The standard InChI is InChI=1S/C36H45N3O8/c1-8-21(2)33(36(42)37-17-18-47-30-12-10-9-11-29(30)43-4)39-27-16-14-24-25(20-28(27)41)26(38-22(3)40)15-13-23-19-31(44-5)34(45-6)35(46-7)32(23)24/h9-12,14,16,19-21,26,33H,8,13,15,17-18H2,1-7H3,(H,37,42)(H,38,40)(H,39,41)/t21-,26+,33+/m1/s1. The highest BCUT2D eigenvalue weighted by Gasteiger charge is 2.30. The minimum absolute atomic E-state index is 0.0995. The predicted octanol–water partition coefficient (Wildman–Crippen LogP) is 4.89. The fourth-order valence-electron chi connectivity index (χ4n) is 5.88. The van der Waals surface area contributed by atoms with Crippen molar-refractivity contribution >= 4 is 17.5 Å². The van der Waals surface area contributed by atoms with Crippen molar-refractivity contribution in [2.75, 3.05) is 46.9 Å². The lowest BCUT2D eigenvalue weighted by Crippen LogP contribution is -2.45. The Morgan fingerprint density at radius 2 is 1.62 bits per heavy atom. The fourth-order valence-corrected chi connectivity index (χ4v) is 5.88. The lowest BCUT2D eigenvalue weighted by atomic mass is 9.95. The first-order valence-corrected chi connectivity index (χ1v) is 15.7. The number of hydrogen-bond acceptors (Lipinski definition) is 9. The molecule has 4 rings (SSSR count). The Morgan fingerprint density at radius 3 is 2.26 bits per heavy atom. The molecule has 3 aromatic rings. The van der Waals surface area contributed by atoms with Gasteiger partial charge in [-0.25, -0.2) is 0 Å². The summed E-state index contributed by atoms with van der Waals surface area (Å²) in [5.41, 5.74) is 2.96. The average molecular weight is 648 g/mol. The van der Waals surface area contributed by atoms with Gasteiger partial charge < -0.3 is 39.6 Å². The zero-order valence-electron chi connectivity index (χ0n) is 28.2. The smallest absolute Gasteiger partial charge is 0.242 e. The minimum Gasteiger partial charge on any atom is -0.493 e. The number of rotatable bonds is 14. The molecule has 1 aliphatic carbocycles. The zero-order valence-corrected chi connectivity index (χ0v) is 28.2. The Balaban J connectivity index is 1.69. The van der Waals surface area contributed by atoms with Gasteiger partial charge in [-0.1, -0.05) is 38.5 Å². The van der Waals surface area contributed by atoms with Gasteiger partial charge in [0.2, 0.25) is 23.0 Å².